The SMILES string of the molecule is COc1ccccc1C(=O)NNC(=O)C12CCC(C)(C(=O)O1)C2(C)C. The standard InChI is InChI=1S/C18H22N2O5/c1-16(2)17(3)9-10-18(16,25-15(17)23)14(22)20-19-13(21)11-7-5-6-8-12(11)24-4/h5-8H,9-10H2,1-4H3,(H,19,21)(H,20,22). The summed E-state index contributed by atoms with van der Waals surface area (Å²) in [5.74, 6) is -0.996. The highest BCUT2D eigenvalue weighted by molar-refractivity contribution is 6.00. The Kier molecular flexibility index (Phi) is 3.78. The number of benzene rings is 1. The maximum absolute atomic E-state index is 12.8. The summed E-state index contributed by atoms with van der Waals surface area (Å²) in [6.07, 6.45) is 1.01. The summed E-state index contributed by atoms with van der Waals surface area (Å²) in [4.78, 5) is 37.3. The molecule has 2 unspecified atom stereocenters. The molecule has 25 heavy (non-hydrogen) atoms. The zero-order valence-electron chi connectivity index (χ0n) is 14.8. The van der Waals surface area contributed by atoms with E-state index in [-0.39, 0.29) is 5.97 Å². The van der Waals surface area contributed by atoms with Gasteiger partial charge in [-0.1, -0.05) is 26.0 Å². The number of amides is 2. The number of ether oxygens (including phenoxy) is 2. The van der Waals surface area contributed by atoms with Crippen LogP contribution in [0.15, 0.2) is 24.3 Å². The number of nitrogens with one attached hydrogen (secondary N) is 2. The molecule has 2 atom stereocenters. The van der Waals surface area contributed by atoms with Crippen molar-refractivity contribution in [3.63, 3.8) is 0 Å². The van der Waals surface area contributed by atoms with E-state index in [0.717, 1.165) is 0 Å². The second kappa shape index (κ2) is 5.47. The van der Waals surface area contributed by atoms with Crippen LogP contribution in [0.1, 0.15) is 44.0 Å². The number of methoxy groups -OCH3 is 1. The predicted octanol–water partition coefficient (Wildman–Crippen LogP) is 1.58. The number of hydrogen-bond acceptors (Lipinski definition) is 5. The lowest BCUT2D eigenvalue weighted by Crippen LogP contribution is -2.57. The Hall–Kier alpha value is -2.57. The molecule has 2 fully saturated rings. The van der Waals surface area contributed by atoms with E-state index in [4.69, 9.17) is 9.47 Å². The summed E-state index contributed by atoms with van der Waals surface area (Å²) >= 11 is 0. The molecule has 1 aromatic rings. The lowest BCUT2D eigenvalue weighted by Gasteiger charge is -2.35. The van der Waals surface area contributed by atoms with E-state index < -0.39 is 28.2 Å². The smallest absolute Gasteiger partial charge is 0.313 e. The van der Waals surface area contributed by atoms with Crippen LogP contribution in [-0.2, 0) is 14.3 Å². The van der Waals surface area contributed by atoms with Gasteiger partial charge in [-0.2, -0.15) is 0 Å². The number of rotatable bonds is 3. The summed E-state index contributed by atoms with van der Waals surface area (Å²) < 4.78 is 10.6. The molecule has 134 valence electrons. The normalized spacial score (nSPS) is 29.0. The summed E-state index contributed by atoms with van der Waals surface area (Å²) in [5.41, 5.74) is 2.45. The van der Waals surface area contributed by atoms with E-state index >= 15 is 0 Å². The van der Waals surface area contributed by atoms with Crippen molar-refractivity contribution in [3.8, 4) is 5.75 Å². The maximum Gasteiger partial charge on any atom is 0.313 e. The van der Waals surface area contributed by atoms with Gasteiger partial charge in [0.1, 0.15) is 5.75 Å². The van der Waals surface area contributed by atoms with Crippen LogP contribution in [-0.4, -0.2) is 30.5 Å². The third kappa shape index (κ3) is 2.14. The van der Waals surface area contributed by atoms with Gasteiger partial charge in [-0.3, -0.25) is 25.2 Å². The van der Waals surface area contributed by atoms with E-state index in [1.54, 1.807) is 24.3 Å². The molecule has 1 saturated carbocycles. The van der Waals surface area contributed by atoms with Crippen molar-refractivity contribution in [2.75, 3.05) is 7.11 Å². The predicted molar refractivity (Wildman–Crippen MR) is 88.5 cm³/mol. The van der Waals surface area contributed by atoms with E-state index in [9.17, 15) is 14.4 Å². The number of carbonyl (C=O) groups excluding carboxylic acids is 3. The summed E-state index contributed by atoms with van der Waals surface area (Å²) in [7, 11) is 1.46. The second-order valence-corrected chi connectivity index (χ2v) is 7.28. The molecule has 1 aliphatic carbocycles. The third-order valence-electron chi connectivity index (χ3n) is 6.09. The zero-order valence-corrected chi connectivity index (χ0v) is 14.8. The van der Waals surface area contributed by atoms with Gasteiger partial charge >= 0.3 is 5.97 Å². The summed E-state index contributed by atoms with van der Waals surface area (Å²) in [6, 6.07) is 6.68. The van der Waals surface area contributed by atoms with Gasteiger partial charge in [0, 0.05) is 5.41 Å². The van der Waals surface area contributed by atoms with Gasteiger partial charge in [0.2, 0.25) is 0 Å². The first-order valence-electron chi connectivity index (χ1n) is 8.17. The fourth-order valence-electron chi connectivity index (χ4n) is 3.86. The molecule has 0 radical (unpaired) electrons. The number of fused-ring (bicyclic) bond motifs is 2. The Morgan fingerprint density at radius 1 is 1.12 bits per heavy atom. The molecule has 1 saturated heterocycles. The van der Waals surface area contributed by atoms with Crippen molar-refractivity contribution in [1.82, 2.24) is 10.9 Å². The van der Waals surface area contributed by atoms with Crippen molar-refractivity contribution in [2.45, 2.75) is 39.2 Å². The van der Waals surface area contributed by atoms with Gasteiger partial charge in [-0.15, -0.1) is 0 Å². The van der Waals surface area contributed by atoms with Crippen molar-refractivity contribution >= 4 is 17.8 Å². The maximum atomic E-state index is 12.8. The molecule has 2 amide bonds. The number of esters is 1. The Morgan fingerprint density at radius 2 is 1.80 bits per heavy atom. The molecular formula is C18H22N2O5. The van der Waals surface area contributed by atoms with Crippen LogP contribution in [0.3, 0.4) is 0 Å². The fraction of sp³-hybridized carbons (Fsp3) is 0.500. The molecular weight excluding hydrogens is 324 g/mol. The van der Waals surface area contributed by atoms with Gasteiger partial charge in [0.15, 0.2) is 5.60 Å². The van der Waals surface area contributed by atoms with E-state index in [2.05, 4.69) is 10.9 Å². The van der Waals surface area contributed by atoms with Crippen molar-refractivity contribution in [3.05, 3.63) is 29.8 Å². The van der Waals surface area contributed by atoms with Crippen molar-refractivity contribution in [2.24, 2.45) is 10.8 Å². The minimum atomic E-state index is -1.27. The van der Waals surface area contributed by atoms with Gasteiger partial charge in [-0.25, -0.2) is 0 Å². The highest BCUT2D eigenvalue weighted by Crippen LogP contribution is 2.65. The first-order chi connectivity index (χ1) is 11.7. The van der Waals surface area contributed by atoms with Crippen molar-refractivity contribution < 1.29 is 23.9 Å². The lowest BCUT2D eigenvalue weighted by atomic mass is 9.66. The quantitative estimate of drug-likeness (QED) is 0.640. The number of para-hydroxylation sites is 1. The van der Waals surface area contributed by atoms with Crippen LogP contribution in [0, 0.1) is 10.8 Å². The largest absolute Gasteiger partial charge is 0.496 e. The van der Waals surface area contributed by atoms with Crippen LogP contribution < -0.4 is 15.6 Å². The fourth-order valence-corrected chi connectivity index (χ4v) is 3.86. The second-order valence-electron chi connectivity index (χ2n) is 7.28. The van der Waals surface area contributed by atoms with E-state index in [1.165, 1.54) is 7.11 Å². The molecule has 3 rings (SSSR count). The van der Waals surface area contributed by atoms with Gasteiger partial charge in [-0.05, 0) is 31.9 Å². The minimum Gasteiger partial charge on any atom is -0.496 e. The molecule has 7 heteroatoms. The minimum absolute atomic E-state index is 0.293. The highest BCUT2D eigenvalue weighted by atomic mass is 16.6. The Bertz CT molecular complexity index is 760. The van der Waals surface area contributed by atoms with Crippen LogP contribution >= 0.6 is 0 Å². The molecule has 0 aromatic heterocycles. The molecule has 1 aromatic carbocycles. The summed E-state index contributed by atoms with van der Waals surface area (Å²) in [6.45, 7) is 5.53. The topological polar surface area (TPSA) is 93.7 Å². The van der Waals surface area contributed by atoms with Gasteiger partial charge in [0.25, 0.3) is 11.8 Å². The number of hydrazine groups is 1. The van der Waals surface area contributed by atoms with Gasteiger partial charge < -0.3 is 9.47 Å². The molecule has 2 N–H and O–H groups in total. The number of carbonyl (C=O) groups is 3. The van der Waals surface area contributed by atoms with Crippen LogP contribution in [0.25, 0.3) is 0 Å². The first-order valence-corrected chi connectivity index (χ1v) is 8.17. The average Bonchev–Trinajstić information content (AvgIpc) is 2.89. The Labute approximate surface area is 146 Å². The third-order valence-corrected chi connectivity index (χ3v) is 6.09. The van der Waals surface area contributed by atoms with Crippen LogP contribution in [0.5, 0.6) is 5.75 Å². The molecule has 7 nitrogen and oxygen atoms in total. The van der Waals surface area contributed by atoms with Crippen LogP contribution in [0.2, 0.25) is 0 Å². The monoisotopic (exact) mass is 346 g/mol. The first kappa shape index (κ1) is 17.3. The molecule has 2 bridgehead atoms. The van der Waals surface area contributed by atoms with Gasteiger partial charge in [0.05, 0.1) is 18.1 Å². The Morgan fingerprint density at radius 3 is 2.36 bits per heavy atom. The van der Waals surface area contributed by atoms with Crippen LogP contribution in [0.4, 0.5) is 0 Å². The van der Waals surface area contributed by atoms with E-state index in [1.807, 2.05) is 20.8 Å². The van der Waals surface area contributed by atoms with Crippen molar-refractivity contribution in [1.29, 1.82) is 0 Å². The Balaban J connectivity index is 1.76. The molecule has 1 heterocycles. The van der Waals surface area contributed by atoms with E-state index in [0.29, 0.717) is 24.2 Å². The highest BCUT2D eigenvalue weighted by Gasteiger charge is 2.75. The molecule has 1 aliphatic heterocycles. The molecule has 2 aliphatic rings. The molecule has 0 spiro atoms. The average molecular weight is 346 g/mol. The zero-order chi connectivity index (χ0) is 18.5. The summed E-state index contributed by atoms with van der Waals surface area (Å²) in [5, 5.41) is 0. The lowest BCUT2D eigenvalue weighted by molar-refractivity contribution is -0.168. The number of hydrogen-bond donors (Lipinski definition) is 2.